The largest absolute Gasteiger partial charge is 0.353 e. The lowest BCUT2D eigenvalue weighted by atomic mass is 9.98. The van der Waals surface area contributed by atoms with Gasteiger partial charge < -0.3 is 9.80 Å². The molecule has 0 radical (unpaired) electrons. The van der Waals surface area contributed by atoms with E-state index in [1.165, 1.54) is 35.6 Å². The van der Waals surface area contributed by atoms with Gasteiger partial charge in [-0.25, -0.2) is 9.37 Å². The van der Waals surface area contributed by atoms with Crippen LogP contribution in [0.4, 0.5) is 15.9 Å². The molecule has 3 heterocycles. The molecule has 2 fully saturated rings. The molecular weight excluding hydrogens is 433 g/mol. The van der Waals surface area contributed by atoms with Gasteiger partial charge in [0.25, 0.3) is 0 Å². The van der Waals surface area contributed by atoms with Crippen molar-refractivity contribution in [2.45, 2.75) is 12.8 Å². The number of amides is 1. The van der Waals surface area contributed by atoms with Crippen LogP contribution >= 0.6 is 0 Å². The molecule has 1 atom stereocenters. The number of piperidine rings is 1. The first-order valence-corrected chi connectivity index (χ1v) is 12.2. The van der Waals surface area contributed by atoms with E-state index in [9.17, 15) is 17.6 Å². The van der Waals surface area contributed by atoms with Gasteiger partial charge in [0.2, 0.25) is 5.91 Å². The third kappa shape index (κ3) is 4.71. The summed E-state index contributed by atoms with van der Waals surface area (Å²) >= 11 is 0. The van der Waals surface area contributed by atoms with Crippen LogP contribution in [0.25, 0.3) is 0 Å². The maximum absolute atomic E-state index is 13.2. The zero-order valence-electron chi connectivity index (χ0n) is 18.1. The second-order valence-corrected chi connectivity index (χ2v) is 10.1. The Bertz CT molecular complexity index is 1030. The number of anilines is 2. The fourth-order valence-electron chi connectivity index (χ4n) is 4.27. The summed E-state index contributed by atoms with van der Waals surface area (Å²) in [5, 5.41) is 0. The Morgan fingerprint density at radius 1 is 1.06 bits per heavy atom. The molecule has 2 saturated heterocycles. The molecule has 0 aliphatic carbocycles. The van der Waals surface area contributed by atoms with Crippen molar-refractivity contribution in [3.63, 3.8) is 0 Å². The zero-order chi connectivity index (χ0) is 22.7. The molecule has 1 aromatic carbocycles. The van der Waals surface area contributed by atoms with Gasteiger partial charge in [0.15, 0.2) is 0 Å². The van der Waals surface area contributed by atoms with Crippen molar-refractivity contribution in [3.8, 4) is 0 Å². The number of piperazine rings is 1. The minimum absolute atomic E-state index is 0.00926. The van der Waals surface area contributed by atoms with E-state index >= 15 is 0 Å². The van der Waals surface area contributed by atoms with E-state index in [0.29, 0.717) is 51.3 Å². The lowest BCUT2D eigenvalue weighted by Crippen LogP contribution is -2.54. The van der Waals surface area contributed by atoms with Gasteiger partial charge >= 0.3 is 10.2 Å². The van der Waals surface area contributed by atoms with Crippen LogP contribution in [0.3, 0.4) is 0 Å². The molecule has 1 aromatic heterocycles. The first-order valence-electron chi connectivity index (χ1n) is 10.8. The summed E-state index contributed by atoms with van der Waals surface area (Å²) in [4.78, 5) is 21.5. The van der Waals surface area contributed by atoms with Gasteiger partial charge in [0.05, 0.1) is 11.6 Å². The predicted molar refractivity (Wildman–Crippen MR) is 121 cm³/mol. The number of pyridine rings is 1. The third-order valence-corrected chi connectivity index (χ3v) is 8.05. The van der Waals surface area contributed by atoms with Gasteiger partial charge in [-0.1, -0.05) is 6.07 Å². The Labute approximate surface area is 188 Å². The first-order chi connectivity index (χ1) is 15.4. The van der Waals surface area contributed by atoms with Gasteiger partial charge in [-0.2, -0.15) is 12.7 Å². The maximum atomic E-state index is 13.2. The standard InChI is InChI=1S/C22H28FN5O3S/c1-25(20-9-7-19(23)8-10-20)32(30,31)28-12-4-5-18(17-28)22(29)27-15-13-26(14-16-27)21-6-2-3-11-24-21/h2-3,6-11,18H,4-5,12-17H2,1H3/t18-/m0/s1. The van der Waals surface area contributed by atoms with Gasteiger partial charge in [-0.3, -0.25) is 9.10 Å². The highest BCUT2D eigenvalue weighted by Crippen LogP contribution is 2.26. The number of rotatable bonds is 5. The van der Waals surface area contributed by atoms with E-state index in [4.69, 9.17) is 0 Å². The SMILES string of the molecule is CN(c1ccc(F)cc1)S(=O)(=O)N1CCC[C@H](C(=O)N2CCN(c3ccccn3)CC2)C1. The Morgan fingerprint density at radius 3 is 2.44 bits per heavy atom. The number of hydrogen-bond acceptors (Lipinski definition) is 5. The summed E-state index contributed by atoms with van der Waals surface area (Å²) in [6, 6.07) is 11.1. The maximum Gasteiger partial charge on any atom is 0.303 e. The summed E-state index contributed by atoms with van der Waals surface area (Å²) in [7, 11) is -2.36. The molecule has 0 N–H and O–H groups in total. The van der Waals surface area contributed by atoms with Crippen LogP contribution in [0.2, 0.25) is 0 Å². The van der Waals surface area contributed by atoms with Crippen LogP contribution in [-0.2, 0) is 15.0 Å². The van der Waals surface area contributed by atoms with E-state index in [2.05, 4.69) is 9.88 Å². The second kappa shape index (κ2) is 9.41. The molecule has 2 aliphatic heterocycles. The topological polar surface area (TPSA) is 77.1 Å². The molecule has 4 rings (SSSR count). The summed E-state index contributed by atoms with van der Waals surface area (Å²) in [5.41, 5.74) is 0.380. The molecular formula is C22H28FN5O3S. The minimum atomic E-state index is -3.81. The number of nitrogens with zero attached hydrogens (tertiary/aromatic N) is 5. The number of aromatic nitrogens is 1. The van der Waals surface area contributed by atoms with Crippen LogP contribution < -0.4 is 9.21 Å². The second-order valence-electron chi connectivity index (χ2n) is 8.15. The van der Waals surface area contributed by atoms with Gasteiger partial charge in [0, 0.05) is 52.5 Å². The monoisotopic (exact) mass is 461 g/mol. The molecule has 8 nitrogen and oxygen atoms in total. The number of carbonyl (C=O) groups is 1. The van der Waals surface area contributed by atoms with Gasteiger partial charge in [0.1, 0.15) is 11.6 Å². The van der Waals surface area contributed by atoms with Crippen molar-refractivity contribution in [1.82, 2.24) is 14.2 Å². The summed E-state index contributed by atoms with van der Waals surface area (Å²) in [5.74, 6) is 0.126. The summed E-state index contributed by atoms with van der Waals surface area (Å²) < 4.78 is 42.0. The Hall–Kier alpha value is -2.72. The average Bonchev–Trinajstić information content (AvgIpc) is 2.84. The van der Waals surface area contributed by atoms with E-state index in [0.717, 1.165) is 10.1 Å². The predicted octanol–water partition coefficient (Wildman–Crippen LogP) is 1.96. The van der Waals surface area contributed by atoms with E-state index in [1.54, 1.807) is 6.20 Å². The summed E-state index contributed by atoms with van der Waals surface area (Å²) in [6.07, 6.45) is 3.05. The molecule has 2 aromatic rings. The van der Waals surface area contributed by atoms with Crippen molar-refractivity contribution in [1.29, 1.82) is 0 Å². The number of benzene rings is 1. The number of hydrogen-bond donors (Lipinski definition) is 0. The Morgan fingerprint density at radius 2 is 1.78 bits per heavy atom. The quantitative estimate of drug-likeness (QED) is 0.681. The van der Waals surface area contributed by atoms with Crippen molar-refractivity contribution < 1.29 is 17.6 Å². The van der Waals surface area contributed by atoms with Gasteiger partial charge in [-0.15, -0.1) is 0 Å². The molecule has 0 saturated carbocycles. The Kier molecular flexibility index (Phi) is 6.61. The first kappa shape index (κ1) is 22.5. The normalized spacial score (nSPS) is 20.2. The van der Waals surface area contributed by atoms with Crippen LogP contribution in [0.1, 0.15) is 12.8 Å². The third-order valence-electron chi connectivity index (χ3n) is 6.16. The van der Waals surface area contributed by atoms with Crippen molar-refractivity contribution >= 4 is 27.6 Å². The highest BCUT2D eigenvalue weighted by atomic mass is 32.2. The van der Waals surface area contributed by atoms with E-state index in [-0.39, 0.29) is 18.4 Å². The highest BCUT2D eigenvalue weighted by Gasteiger charge is 2.37. The van der Waals surface area contributed by atoms with Crippen LogP contribution in [0.5, 0.6) is 0 Å². The van der Waals surface area contributed by atoms with Crippen LogP contribution in [0, 0.1) is 11.7 Å². The number of halogens is 1. The lowest BCUT2D eigenvalue weighted by molar-refractivity contribution is -0.137. The molecule has 0 unspecified atom stereocenters. The molecule has 172 valence electrons. The van der Waals surface area contributed by atoms with Crippen molar-refractivity contribution in [2.24, 2.45) is 5.92 Å². The smallest absolute Gasteiger partial charge is 0.303 e. The minimum Gasteiger partial charge on any atom is -0.353 e. The molecule has 2 aliphatic rings. The molecule has 0 bridgehead atoms. The van der Waals surface area contributed by atoms with Crippen molar-refractivity contribution in [2.75, 3.05) is 55.5 Å². The fourth-order valence-corrected chi connectivity index (χ4v) is 5.73. The van der Waals surface area contributed by atoms with Crippen LogP contribution in [0.15, 0.2) is 48.7 Å². The van der Waals surface area contributed by atoms with Crippen molar-refractivity contribution in [3.05, 3.63) is 54.5 Å². The fraction of sp³-hybridized carbons (Fsp3) is 0.455. The van der Waals surface area contributed by atoms with E-state index < -0.39 is 16.0 Å². The van der Waals surface area contributed by atoms with E-state index in [1.807, 2.05) is 23.1 Å². The molecule has 32 heavy (non-hydrogen) atoms. The molecule has 10 heteroatoms. The molecule has 1 amide bonds. The Balaban J connectivity index is 1.38. The average molecular weight is 462 g/mol. The number of carbonyl (C=O) groups excluding carboxylic acids is 1. The van der Waals surface area contributed by atoms with Gasteiger partial charge in [-0.05, 0) is 49.2 Å². The van der Waals surface area contributed by atoms with Crippen LogP contribution in [-0.4, -0.2) is 74.8 Å². The lowest BCUT2D eigenvalue weighted by Gasteiger charge is -2.39. The zero-order valence-corrected chi connectivity index (χ0v) is 18.9. The highest BCUT2D eigenvalue weighted by molar-refractivity contribution is 7.90. The molecule has 0 spiro atoms. The summed E-state index contributed by atoms with van der Waals surface area (Å²) in [6.45, 7) is 3.11.